The van der Waals surface area contributed by atoms with E-state index in [0.29, 0.717) is 5.69 Å². The number of fused-ring (bicyclic) bond motifs is 3. The van der Waals surface area contributed by atoms with Crippen LogP contribution in [0.4, 0.5) is 0 Å². The Morgan fingerprint density at radius 2 is 1.97 bits per heavy atom. The molecule has 0 bridgehead atoms. The van der Waals surface area contributed by atoms with Gasteiger partial charge in [-0.2, -0.15) is 5.10 Å². The molecule has 6 heteroatoms. The number of carbonyl (C=O) groups is 1. The predicted molar refractivity (Wildman–Crippen MR) is 120 cm³/mol. The summed E-state index contributed by atoms with van der Waals surface area (Å²) in [5.74, 6) is 0.821. The molecular formula is C25H28N4O2. The topological polar surface area (TPSA) is 70.2 Å². The van der Waals surface area contributed by atoms with Gasteiger partial charge < -0.3 is 10.1 Å². The summed E-state index contributed by atoms with van der Waals surface area (Å²) in [6.45, 7) is 2.96. The minimum absolute atomic E-state index is 0.0350. The van der Waals surface area contributed by atoms with Crippen molar-refractivity contribution in [3.63, 3.8) is 0 Å². The maximum atomic E-state index is 13.0. The largest absolute Gasteiger partial charge is 0.497 e. The van der Waals surface area contributed by atoms with Gasteiger partial charge in [-0.1, -0.05) is 30.3 Å². The van der Waals surface area contributed by atoms with Gasteiger partial charge in [-0.05, 0) is 55.0 Å². The first-order chi connectivity index (χ1) is 15.2. The molecule has 2 N–H and O–H groups in total. The number of nitrogens with one attached hydrogen (secondary N) is 2. The third-order valence-corrected chi connectivity index (χ3v) is 6.48. The van der Waals surface area contributed by atoms with E-state index < -0.39 is 0 Å². The molecule has 1 aliphatic carbocycles. The number of methoxy groups -OCH3 is 1. The SMILES string of the molecule is COc1ccc2c(c1)CCc1c-2n[nH]c1C(=O)NC1CCN(Cc2ccccc2)CC1. The Balaban J connectivity index is 1.22. The van der Waals surface area contributed by atoms with Crippen LogP contribution < -0.4 is 10.1 Å². The highest BCUT2D eigenvalue weighted by Crippen LogP contribution is 2.35. The molecule has 2 aromatic carbocycles. The molecule has 1 fully saturated rings. The molecule has 2 aliphatic rings. The predicted octanol–water partition coefficient (Wildman–Crippen LogP) is 3.58. The highest BCUT2D eigenvalue weighted by molar-refractivity contribution is 5.96. The average molecular weight is 417 g/mol. The van der Waals surface area contributed by atoms with Crippen molar-refractivity contribution >= 4 is 5.91 Å². The van der Waals surface area contributed by atoms with Crippen molar-refractivity contribution in [3.8, 4) is 17.0 Å². The van der Waals surface area contributed by atoms with Crippen LogP contribution in [-0.4, -0.2) is 47.2 Å². The molecule has 0 radical (unpaired) electrons. The lowest BCUT2D eigenvalue weighted by molar-refractivity contribution is 0.0903. The number of carbonyl (C=O) groups excluding carboxylic acids is 1. The van der Waals surface area contributed by atoms with Crippen LogP contribution in [0.5, 0.6) is 5.75 Å². The Morgan fingerprint density at radius 1 is 1.16 bits per heavy atom. The molecule has 5 rings (SSSR count). The molecule has 6 nitrogen and oxygen atoms in total. The summed E-state index contributed by atoms with van der Waals surface area (Å²) in [5.41, 5.74) is 6.18. The number of hydrogen-bond acceptors (Lipinski definition) is 4. The lowest BCUT2D eigenvalue weighted by Gasteiger charge is -2.32. The number of aromatic nitrogens is 2. The summed E-state index contributed by atoms with van der Waals surface area (Å²) < 4.78 is 5.34. The van der Waals surface area contributed by atoms with Crippen molar-refractivity contribution in [2.45, 2.75) is 38.3 Å². The second-order valence-corrected chi connectivity index (χ2v) is 8.46. The Hall–Kier alpha value is -3.12. The molecule has 31 heavy (non-hydrogen) atoms. The Kier molecular flexibility index (Phi) is 5.47. The van der Waals surface area contributed by atoms with Crippen LogP contribution in [0.25, 0.3) is 11.3 Å². The third-order valence-electron chi connectivity index (χ3n) is 6.48. The molecule has 0 spiro atoms. The smallest absolute Gasteiger partial charge is 0.269 e. The highest BCUT2D eigenvalue weighted by Gasteiger charge is 2.27. The van der Waals surface area contributed by atoms with Crippen molar-refractivity contribution in [1.29, 1.82) is 0 Å². The molecule has 0 unspecified atom stereocenters. The van der Waals surface area contributed by atoms with Gasteiger partial charge in [0.25, 0.3) is 5.91 Å². The molecule has 1 aliphatic heterocycles. The van der Waals surface area contributed by atoms with Gasteiger partial charge in [0.2, 0.25) is 0 Å². The number of nitrogens with zero attached hydrogens (tertiary/aromatic N) is 2. The zero-order valence-corrected chi connectivity index (χ0v) is 17.9. The zero-order valence-electron chi connectivity index (χ0n) is 17.9. The van der Waals surface area contributed by atoms with E-state index in [1.165, 1.54) is 11.1 Å². The summed E-state index contributed by atoms with van der Waals surface area (Å²) in [6.07, 6.45) is 3.64. The van der Waals surface area contributed by atoms with Gasteiger partial charge in [-0.15, -0.1) is 0 Å². The van der Waals surface area contributed by atoms with Gasteiger partial charge >= 0.3 is 0 Å². The summed E-state index contributed by atoms with van der Waals surface area (Å²) in [6, 6.07) is 16.8. The van der Waals surface area contributed by atoms with Gasteiger partial charge in [0.15, 0.2) is 0 Å². The van der Waals surface area contributed by atoms with Crippen LogP contribution in [0.3, 0.4) is 0 Å². The van der Waals surface area contributed by atoms with E-state index >= 15 is 0 Å². The van der Waals surface area contributed by atoms with Gasteiger partial charge in [0.1, 0.15) is 11.4 Å². The summed E-state index contributed by atoms with van der Waals surface area (Å²) >= 11 is 0. The van der Waals surface area contributed by atoms with Crippen molar-refractivity contribution in [1.82, 2.24) is 20.4 Å². The Morgan fingerprint density at radius 3 is 2.74 bits per heavy atom. The Bertz CT molecular complexity index is 1070. The first-order valence-corrected chi connectivity index (χ1v) is 11.0. The molecule has 1 aromatic heterocycles. The second-order valence-electron chi connectivity index (χ2n) is 8.46. The van der Waals surface area contributed by atoms with Crippen molar-refractivity contribution in [2.75, 3.05) is 20.2 Å². The number of benzene rings is 2. The first kappa shape index (κ1) is 19.8. The zero-order chi connectivity index (χ0) is 21.2. The number of hydrogen-bond donors (Lipinski definition) is 2. The fourth-order valence-electron chi connectivity index (χ4n) is 4.75. The minimum atomic E-state index is -0.0350. The number of ether oxygens (including phenoxy) is 1. The van der Waals surface area contributed by atoms with E-state index in [2.05, 4.69) is 56.8 Å². The third kappa shape index (κ3) is 4.08. The van der Waals surface area contributed by atoms with Gasteiger partial charge in [-0.25, -0.2) is 0 Å². The maximum absolute atomic E-state index is 13.0. The number of aryl methyl sites for hydroxylation is 1. The number of amides is 1. The van der Waals surface area contributed by atoms with E-state index in [1.54, 1.807) is 7.11 Å². The normalized spacial score (nSPS) is 16.4. The quantitative estimate of drug-likeness (QED) is 0.667. The number of aromatic amines is 1. The second kappa shape index (κ2) is 8.55. The molecule has 0 saturated carbocycles. The average Bonchev–Trinajstić information content (AvgIpc) is 3.25. The first-order valence-electron chi connectivity index (χ1n) is 11.0. The van der Waals surface area contributed by atoms with Gasteiger partial charge in [0.05, 0.1) is 12.8 Å². The molecule has 2 heterocycles. The standard InChI is InChI=1S/C25H28N4O2/c1-31-20-8-10-21-18(15-20)7-9-22-23(21)27-28-24(22)25(30)26-19-11-13-29(14-12-19)16-17-5-3-2-4-6-17/h2-6,8,10,15,19H,7,9,11-14,16H2,1H3,(H,26,30)(H,27,28). The van der Waals surface area contributed by atoms with Crippen LogP contribution in [-0.2, 0) is 19.4 Å². The van der Waals surface area contributed by atoms with Crippen molar-refractivity contribution < 1.29 is 9.53 Å². The molecule has 1 amide bonds. The fourth-order valence-corrected chi connectivity index (χ4v) is 4.75. The Labute approximate surface area is 182 Å². The molecule has 0 atom stereocenters. The molecular weight excluding hydrogens is 388 g/mol. The van der Waals surface area contributed by atoms with Crippen molar-refractivity contribution in [3.05, 3.63) is 70.9 Å². The van der Waals surface area contributed by atoms with E-state index in [0.717, 1.165) is 67.9 Å². The maximum Gasteiger partial charge on any atom is 0.269 e. The number of H-pyrrole nitrogens is 1. The van der Waals surface area contributed by atoms with E-state index in [1.807, 2.05) is 12.1 Å². The van der Waals surface area contributed by atoms with Crippen LogP contribution in [0.15, 0.2) is 48.5 Å². The molecule has 1 saturated heterocycles. The summed E-state index contributed by atoms with van der Waals surface area (Å²) in [7, 11) is 1.68. The lowest BCUT2D eigenvalue weighted by Crippen LogP contribution is -2.44. The van der Waals surface area contributed by atoms with Crippen LogP contribution in [0, 0.1) is 0 Å². The number of piperidine rings is 1. The summed E-state index contributed by atoms with van der Waals surface area (Å²) in [5, 5.41) is 10.7. The monoisotopic (exact) mass is 416 g/mol. The lowest BCUT2D eigenvalue weighted by atomic mass is 9.88. The van der Waals surface area contributed by atoms with Crippen LogP contribution >= 0.6 is 0 Å². The van der Waals surface area contributed by atoms with Gasteiger partial charge in [0, 0.05) is 36.8 Å². The van der Waals surface area contributed by atoms with E-state index in [-0.39, 0.29) is 11.9 Å². The van der Waals surface area contributed by atoms with Crippen molar-refractivity contribution in [2.24, 2.45) is 0 Å². The molecule has 160 valence electrons. The number of rotatable bonds is 5. The molecule has 3 aromatic rings. The van der Waals surface area contributed by atoms with E-state index in [9.17, 15) is 4.79 Å². The van der Waals surface area contributed by atoms with Crippen LogP contribution in [0.2, 0.25) is 0 Å². The minimum Gasteiger partial charge on any atom is -0.497 e. The fraction of sp³-hybridized carbons (Fsp3) is 0.360. The van der Waals surface area contributed by atoms with Gasteiger partial charge in [-0.3, -0.25) is 14.8 Å². The van der Waals surface area contributed by atoms with E-state index in [4.69, 9.17) is 4.74 Å². The summed E-state index contributed by atoms with van der Waals surface area (Å²) in [4.78, 5) is 15.5. The van der Waals surface area contributed by atoms with Crippen LogP contribution in [0.1, 0.15) is 40.0 Å². The number of likely N-dealkylation sites (tertiary alicyclic amines) is 1. The highest BCUT2D eigenvalue weighted by atomic mass is 16.5.